The molecule has 0 bridgehead atoms. The molecular weight excluding hydrogens is 270 g/mol. The zero-order chi connectivity index (χ0) is 12.8. The summed E-state index contributed by atoms with van der Waals surface area (Å²) in [4.78, 5) is 17.0. The van der Waals surface area contributed by atoms with Crippen molar-refractivity contribution in [1.29, 1.82) is 0 Å². The highest BCUT2D eigenvalue weighted by molar-refractivity contribution is 7.20. The lowest BCUT2D eigenvalue weighted by molar-refractivity contribution is 0.0330. The van der Waals surface area contributed by atoms with Gasteiger partial charge in [-0.05, 0) is 18.4 Å². The Balaban J connectivity index is 1.91. The van der Waals surface area contributed by atoms with Crippen LogP contribution in [0.25, 0.3) is 9.88 Å². The van der Waals surface area contributed by atoms with E-state index in [0.29, 0.717) is 18.9 Å². The predicted octanol–water partition coefficient (Wildman–Crippen LogP) is 3.06. The molecule has 0 radical (unpaired) electrons. The number of rotatable bonds is 6. The molecule has 0 aliphatic heterocycles. The summed E-state index contributed by atoms with van der Waals surface area (Å²) in [6.45, 7) is 3.20. The van der Waals surface area contributed by atoms with Gasteiger partial charge in [0.25, 0.3) is 0 Å². The number of hydrogen-bond acceptors (Lipinski definition) is 6. The van der Waals surface area contributed by atoms with Crippen molar-refractivity contribution in [1.82, 2.24) is 4.98 Å². The predicted molar refractivity (Wildman–Crippen MR) is 72.2 cm³/mol. The molecule has 96 valence electrons. The molecule has 0 atom stereocenters. The maximum atomic E-state index is 11.7. The first-order chi connectivity index (χ1) is 8.81. The Morgan fingerprint density at radius 2 is 2.28 bits per heavy atom. The Hall–Kier alpha value is -1.24. The van der Waals surface area contributed by atoms with E-state index >= 15 is 0 Å². The molecule has 0 aliphatic rings. The van der Waals surface area contributed by atoms with Crippen LogP contribution in [-0.2, 0) is 9.47 Å². The van der Waals surface area contributed by atoms with Gasteiger partial charge in [-0.15, -0.1) is 22.7 Å². The molecule has 4 nitrogen and oxygen atoms in total. The molecular formula is C12H13NO3S2. The fourth-order valence-electron chi connectivity index (χ4n) is 1.29. The van der Waals surface area contributed by atoms with E-state index in [9.17, 15) is 4.79 Å². The van der Waals surface area contributed by atoms with Crippen LogP contribution in [-0.4, -0.2) is 30.8 Å². The van der Waals surface area contributed by atoms with Gasteiger partial charge in [-0.25, -0.2) is 9.78 Å². The van der Waals surface area contributed by atoms with Crippen molar-refractivity contribution in [3.8, 4) is 9.88 Å². The Labute approximate surface area is 113 Å². The Kier molecular flexibility index (Phi) is 4.86. The third-order valence-electron chi connectivity index (χ3n) is 2.11. The van der Waals surface area contributed by atoms with E-state index in [1.165, 1.54) is 11.3 Å². The van der Waals surface area contributed by atoms with Gasteiger partial charge < -0.3 is 9.47 Å². The molecule has 0 fully saturated rings. The summed E-state index contributed by atoms with van der Waals surface area (Å²) in [6, 6.07) is 3.94. The lowest BCUT2D eigenvalue weighted by atomic mass is 10.4. The van der Waals surface area contributed by atoms with Gasteiger partial charge in [-0.3, -0.25) is 0 Å². The number of hydrogen-bond donors (Lipinski definition) is 0. The largest absolute Gasteiger partial charge is 0.458 e. The molecule has 0 aromatic carbocycles. The summed E-state index contributed by atoms with van der Waals surface area (Å²) in [5.74, 6) is -0.395. The molecule has 2 heterocycles. The zero-order valence-electron chi connectivity index (χ0n) is 9.92. The lowest BCUT2D eigenvalue weighted by Gasteiger charge is -2.02. The van der Waals surface area contributed by atoms with Gasteiger partial charge in [0.15, 0.2) is 5.69 Å². The molecule has 0 saturated carbocycles. The third-order valence-corrected chi connectivity index (χ3v) is 3.99. The minimum atomic E-state index is -0.395. The van der Waals surface area contributed by atoms with Crippen LogP contribution in [0.2, 0.25) is 0 Å². The second kappa shape index (κ2) is 6.63. The fraction of sp³-hybridized carbons (Fsp3) is 0.333. The smallest absolute Gasteiger partial charge is 0.357 e. The van der Waals surface area contributed by atoms with Crippen molar-refractivity contribution in [3.05, 3.63) is 28.6 Å². The number of nitrogens with zero attached hydrogens (tertiary/aromatic N) is 1. The molecule has 0 N–H and O–H groups in total. The zero-order valence-corrected chi connectivity index (χ0v) is 11.6. The third kappa shape index (κ3) is 3.38. The average Bonchev–Trinajstić information content (AvgIpc) is 3.03. The number of esters is 1. The second-order valence-corrected chi connectivity index (χ2v) is 5.15. The van der Waals surface area contributed by atoms with Crippen LogP contribution in [0.4, 0.5) is 0 Å². The topological polar surface area (TPSA) is 48.4 Å². The second-order valence-electron chi connectivity index (χ2n) is 3.35. The summed E-state index contributed by atoms with van der Waals surface area (Å²) >= 11 is 3.05. The molecule has 0 unspecified atom stereocenters. The van der Waals surface area contributed by atoms with Crippen molar-refractivity contribution >= 4 is 28.6 Å². The molecule has 0 amide bonds. The number of carbonyl (C=O) groups is 1. The van der Waals surface area contributed by atoms with Crippen LogP contribution in [0.5, 0.6) is 0 Å². The van der Waals surface area contributed by atoms with E-state index < -0.39 is 5.97 Å². The Bertz CT molecular complexity index is 493. The van der Waals surface area contributed by atoms with Gasteiger partial charge >= 0.3 is 5.97 Å². The number of ether oxygens (including phenoxy) is 2. The van der Waals surface area contributed by atoms with Crippen LogP contribution in [0.1, 0.15) is 17.4 Å². The fourth-order valence-corrected chi connectivity index (χ4v) is 2.90. The van der Waals surface area contributed by atoms with Crippen LogP contribution in [0, 0.1) is 0 Å². The van der Waals surface area contributed by atoms with Crippen molar-refractivity contribution in [2.45, 2.75) is 6.92 Å². The van der Waals surface area contributed by atoms with Crippen LogP contribution in [0.3, 0.4) is 0 Å². The number of aromatic nitrogens is 1. The van der Waals surface area contributed by atoms with Gasteiger partial charge in [-0.2, -0.15) is 0 Å². The maximum absolute atomic E-state index is 11.7. The van der Waals surface area contributed by atoms with E-state index in [1.54, 1.807) is 16.7 Å². The molecule has 0 aliphatic carbocycles. The van der Waals surface area contributed by atoms with Gasteiger partial charge in [0.2, 0.25) is 0 Å². The molecule has 18 heavy (non-hydrogen) atoms. The Morgan fingerprint density at radius 3 is 3.00 bits per heavy atom. The summed E-state index contributed by atoms with van der Waals surface area (Å²) in [7, 11) is 0. The number of carbonyl (C=O) groups excluding carboxylic acids is 1. The summed E-state index contributed by atoms with van der Waals surface area (Å²) < 4.78 is 10.1. The SMILES string of the molecule is CCOCCOC(=O)c1csc(-c2cccs2)n1. The quantitative estimate of drug-likeness (QED) is 0.604. The van der Waals surface area contributed by atoms with E-state index in [2.05, 4.69) is 4.98 Å². The first-order valence-corrected chi connectivity index (χ1v) is 7.31. The minimum absolute atomic E-state index is 0.262. The molecule has 2 rings (SSSR count). The highest BCUT2D eigenvalue weighted by atomic mass is 32.1. The van der Waals surface area contributed by atoms with E-state index in [1.807, 2.05) is 24.4 Å². The Morgan fingerprint density at radius 1 is 1.39 bits per heavy atom. The monoisotopic (exact) mass is 283 g/mol. The van der Waals surface area contributed by atoms with Gasteiger partial charge in [0.05, 0.1) is 11.5 Å². The van der Waals surface area contributed by atoms with Crippen molar-refractivity contribution in [3.63, 3.8) is 0 Å². The van der Waals surface area contributed by atoms with Crippen LogP contribution >= 0.6 is 22.7 Å². The molecule has 2 aromatic rings. The van der Waals surface area contributed by atoms with E-state index in [-0.39, 0.29) is 6.61 Å². The minimum Gasteiger partial charge on any atom is -0.458 e. The molecule has 2 aromatic heterocycles. The van der Waals surface area contributed by atoms with Gasteiger partial charge in [0.1, 0.15) is 11.6 Å². The maximum Gasteiger partial charge on any atom is 0.357 e. The molecule has 0 saturated heterocycles. The number of thiophene rings is 1. The van der Waals surface area contributed by atoms with E-state index in [4.69, 9.17) is 9.47 Å². The summed E-state index contributed by atoms with van der Waals surface area (Å²) in [5, 5.41) is 4.55. The molecule has 6 heteroatoms. The first-order valence-electron chi connectivity index (χ1n) is 5.55. The summed E-state index contributed by atoms with van der Waals surface area (Å²) in [6.07, 6.45) is 0. The first kappa shape index (κ1) is 13.2. The average molecular weight is 283 g/mol. The highest BCUT2D eigenvalue weighted by Gasteiger charge is 2.13. The van der Waals surface area contributed by atoms with Crippen molar-refractivity contribution in [2.24, 2.45) is 0 Å². The van der Waals surface area contributed by atoms with E-state index in [0.717, 1.165) is 9.88 Å². The van der Waals surface area contributed by atoms with Crippen molar-refractivity contribution in [2.75, 3.05) is 19.8 Å². The van der Waals surface area contributed by atoms with Crippen LogP contribution in [0.15, 0.2) is 22.9 Å². The normalized spacial score (nSPS) is 10.5. The summed E-state index contributed by atoms with van der Waals surface area (Å²) in [5.41, 5.74) is 0.361. The van der Waals surface area contributed by atoms with Gasteiger partial charge in [-0.1, -0.05) is 6.07 Å². The van der Waals surface area contributed by atoms with Gasteiger partial charge in [0, 0.05) is 12.0 Å². The number of thiazole rings is 1. The van der Waals surface area contributed by atoms with Crippen LogP contribution < -0.4 is 0 Å². The highest BCUT2D eigenvalue weighted by Crippen LogP contribution is 2.27. The lowest BCUT2D eigenvalue weighted by Crippen LogP contribution is -2.11. The standard InChI is InChI=1S/C12H13NO3S2/c1-2-15-5-6-16-12(14)9-8-18-11(13-9)10-4-3-7-17-10/h3-4,7-8H,2,5-6H2,1H3. The molecule has 0 spiro atoms. The van der Waals surface area contributed by atoms with Crippen molar-refractivity contribution < 1.29 is 14.3 Å².